The quantitative estimate of drug-likeness (QED) is 0.835. The molecule has 110 valence electrons. The minimum atomic E-state index is -0.149. The first kappa shape index (κ1) is 14.4. The van der Waals surface area contributed by atoms with Gasteiger partial charge < -0.3 is 4.74 Å². The molecule has 0 aliphatic carbocycles. The van der Waals surface area contributed by atoms with Gasteiger partial charge in [-0.1, -0.05) is 30.7 Å². The van der Waals surface area contributed by atoms with Crippen molar-refractivity contribution in [3.8, 4) is 0 Å². The standard InChI is InChI=1S/C17H24ClNO/c1-5-13-6-7-14(8-15(13)18)17-9-16(12(4)20-17)19(10-17)11(2)3/h6-8,11-12,16H,5,9-10H2,1-4H3. The number of likely N-dealkylation sites (tertiary alicyclic amines) is 1. The Morgan fingerprint density at radius 3 is 2.75 bits per heavy atom. The van der Waals surface area contributed by atoms with Gasteiger partial charge in [0.1, 0.15) is 5.60 Å². The summed E-state index contributed by atoms with van der Waals surface area (Å²) in [5, 5.41) is 0.877. The minimum Gasteiger partial charge on any atom is -0.364 e. The first-order valence-electron chi connectivity index (χ1n) is 7.69. The van der Waals surface area contributed by atoms with Crippen LogP contribution in [0.3, 0.4) is 0 Å². The Balaban J connectivity index is 1.95. The van der Waals surface area contributed by atoms with E-state index in [1.165, 1.54) is 11.1 Å². The van der Waals surface area contributed by atoms with Gasteiger partial charge in [-0.2, -0.15) is 0 Å². The number of aryl methyl sites for hydroxylation is 1. The lowest BCUT2D eigenvalue weighted by atomic mass is 9.91. The van der Waals surface area contributed by atoms with E-state index in [9.17, 15) is 0 Å². The maximum absolute atomic E-state index is 6.41. The van der Waals surface area contributed by atoms with Crippen LogP contribution in [0.4, 0.5) is 0 Å². The van der Waals surface area contributed by atoms with Crippen molar-refractivity contribution in [2.45, 2.75) is 64.3 Å². The van der Waals surface area contributed by atoms with Gasteiger partial charge in [-0.15, -0.1) is 0 Å². The predicted octanol–water partition coefficient (Wildman–Crippen LogP) is 4.00. The zero-order valence-corrected chi connectivity index (χ0v) is 13.6. The molecule has 0 saturated carbocycles. The van der Waals surface area contributed by atoms with E-state index in [2.05, 4.69) is 50.8 Å². The number of nitrogens with zero attached hydrogens (tertiary/aromatic N) is 1. The lowest BCUT2D eigenvalue weighted by Gasteiger charge is -2.39. The number of halogens is 1. The second kappa shape index (κ2) is 5.01. The van der Waals surface area contributed by atoms with Crippen LogP contribution < -0.4 is 0 Å². The van der Waals surface area contributed by atoms with Crippen molar-refractivity contribution in [1.82, 2.24) is 4.90 Å². The minimum absolute atomic E-state index is 0.149. The third-order valence-corrected chi connectivity index (χ3v) is 5.33. The molecule has 0 aromatic heterocycles. The molecule has 2 bridgehead atoms. The summed E-state index contributed by atoms with van der Waals surface area (Å²) >= 11 is 6.41. The summed E-state index contributed by atoms with van der Waals surface area (Å²) in [6, 6.07) is 7.60. The molecule has 2 aliphatic heterocycles. The Labute approximate surface area is 127 Å². The summed E-state index contributed by atoms with van der Waals surface area (Å²) in [5.74, 6) is 0. The van der Waals surface area contributed by atoms with Crippen LogP contribution in [0.5, 0.6) is 0 Å². The first-order chi connectivity index (χ1) is 9.47. The van der Waals surface area contributed by atoms with Crippen molar-refractivity contribution < 1.29 is 4.74 Å². The Morgan fingerprint density at radius 2 is 2.20 bits per heavy atom. The first-order valence-corrected chi connectivity index (χ1v) is 8.07. The molecule has 2 fully saturated rings. The van der Waals surface area contributed by atoms with Gasteiger partial charge in [-0.25, -0.2) is 0 Å². The van der Waals surface area contributed by atoms with Gasteiger partial charge >= 0.3 is 0 Å². The maximum Gasteiger partial charge on any atom is 0.108 e. The van der Waals surface area contributed by atoms with Gasteiger partial charge in [0.2, 0.25) is 0 Å². The van der Waals surface area contributed by atoms with Crippen molar-refractivity contribution in [2.24, 2.45) is 0 Å². The summed E-state index contributed by atoms with van der Waals surface area (Å²) in [6.07, 6.45) is 2.37. The normalized spacial score (nSPS) is 33.3. The molecule has 1 aromatic rings. The lowest BCUT2D eigenvalue weighted by molar-refractivity contribution is -0.0991. The molecule has 0 N–H and O–H groups in total. The third-order valence-electron chi connectivity index (χ3n) is 4.98. The van der Waals surface area contributed by atoms with E-state index in [0.29, 0.717) is 18.2 Å². The summed E-state index contributed by atoms with van der Waals surface area (Å²) < 4.78 is 6.34. The Kier molecular flexibility index (Phi) is 3.60. The summed E-state index contributed by atoms with van der Waals surface area (Å²) in [7, 11) is 0. The molecule has 3 atom stereocenters. The van der Waals surface area contributed by atoms with Gasteiger partial charge in [-0.05, 0) is 50.8 Å². The fourth-order valence-corrected chi connectivity index (χ4v) is 4.16. The van der Waals surface area contributed by atoms with Crippen molar-refractivity contribution in [3.05, 3.63) is 34.3 Å². The van der Waals surface area contributed by atoms with E-state index in [4.69, 9.17) is 16.3 Å². The Morgan fingerprint density at radius 1 is 1.45 bits per heavy atom. The molecular formula is C17H24ClNO. The van der Waals surface area contributed by atoms with Gasteiger partial charge in [0.05, 0.1) is 6.10 Å². The van der Waals surface area contributed by atoms with Crippen molar-refractivity contribution in [2.75, 3.05) is 6.54 Å². The van der Waals surface area contributed by atoms with E-state index in [1.807, 2.05) is 0 Å². The van der Waals surface area contributed by atoms with Crippen LogP contribution in [0.15, 0.2) is 18.2 Å². The molecule has 1 aromatic carbocycles. The smallest absolute Gasteiger partial charge is 0.108 e. The summed E-state index contributed by atoms with van der Waals surface area (Å²) in [6.45, 7) is 9.87. The average molecular weight is 294 g/mol. The molecule has 3 heteroatoms. The molecule has 0 amide bonds. The summed E-state index contributed by atoms with van der Waals surface area (Å²) in [5.41, 5.74) is 2.31. The topological polar surface area (TPSA) is 12.5 Å². The van der Waals surface area contributed by atoms with Gasteiger partial charge in [0.25, 0.3) is 0 Å². The number of hydrogen-bond donors (Lipinski definition) is 0. The fraction of sp³-hybridized carbons (Fsp3) is 0.647. The third kappa shape index (κ3) is 2.09. The molecule has 0 spiro atoms. The fourth-order valence-electron chi connectivity index (χ4n) is 3.85. The Hall–Kier alpha value is -0.570. The number of benzene rings is 1. The van der Waals surface area contributed by atoms with Crippen LogP contribution in [-0.2, 0) is 16.8 Å². The van der Waals surface area contributed by atoms with Crippen molar-refractivity contribution in [1.29, 1.82) is 0 Å². The number of morpholine rings is 1. The molecule has 3 unspecified atom stereocenters. The van der Waals surface area contributed by atoms with Crippen LogP contribution in [-0.4, -0.2) is 29.6 Å². The molecule has 2 heterocycles. The Bertz CT molecular complexity index is 516. The second-order valence-corrected chi connectivity index (χ2v) is 6.92. The van der Waals surface area contributed by atoms with E-state index in [0.717, 1.165) is 24.4 Å². The molecule has 0 radical (unpaired) electrons. The number of fused-ring (bicyclic) bond motifs is 2. The highest BCUT2D eigenvalue weighted by molar-refractivity contribution is 6.31. The lowest BCUT2D eigenvalue weighted by Crippen LogP contribution is -2.48. The van der Waals surface area contributed by atoms with E-state index < -0.39 is 0 Å². The molecule has 3 rings (SSSR count). The van der Waals surface area contributed by atoms with Crippen LogP contribution in [0.25, 0.3) is 0 Å². The molecule has 2 saturated heterocycles. The highest BCUT2D eigenvalue weighted by atomic mass is 35.5. The van der Waals surface area contributed by atoms with E-state index in [1.54, 1.807) is 0 Å². The predicted molar refractivity (Wildman–Crippen MR) is 83.3 cm³/mol. The molecule has 2 nitrogen and oxygen atoms in total. The number of hydrogen-bond acceptors (Lipinski definition) is 2. The van der Waals surface area contributed by atoms with Gasteiger partial charge in [0.15, 0.2) is 0 Å². The monoisotopic (exact) mass is 293 g/mol. The number of rotatable bonds is 3. The molecule has 2 aliphatic rings. The van der Waals surface area contributed by atoms with Crippen molar-refractivity contribution in [3.63, 3.8) is 0 Å². The maximum atomic E-state index is 6.41. The van der Waals surface area contributed by atoms with Crippen LogP contribution in [0.2, 0.25) is 5.02 Å². The largest absolute Gasteiger partial charge is 0.364 e. The zero-order valence-electron chi connectivity index (χ0n) is 12.8. The van der Waals surface area contributed by atoms with Crippen molar-refractivity contribution >= 4 is 11.6 Å². The summed E-state index contributed by atoms with van der Waals surface area (Å²) in [4.78, 5) is 2.58. The van der Waals surface area contributed by atoms with Crippen LogP contribution in [0.1, 0.15) is 45.2 Å². The van der Waals surface area contributed by atoms with Gasteiger partial charge in [0, 0.05) is 23.7 Å². The number of ether oxygens (including phenoxy) is 1. The second-order valence-electron chi connectivity index (χ2n) is 6.51. The zero-order chi connectivity index (χ0) is 14.5. The van der Waals surface area contributed by atoms with Crippen LogP contribution in [0, 0.1) is 0 Å². The van der Waals surface area contributed by atoms with Gasteiger partial charge in [-0.3, -0.25) is 4.90 Å². The van der Waals surface area contributed by atoms with E-state index >= 15 is 0 Å². The SMILES string of the molecule is CCc1ccc(C23CC(C(C)O2)N(C(C)C)C3)cc1Cl. The van der Waals surface area contributed by atoms with Crippen LogP contribution >= 0.6 is 11.6 Å². The molecular weight excluding hydrogens is 270 g/mol. The average Bonchev–Trinajstić information content (AvgIpc) is 2.94. The molecule has 20 heavy (non-hydrogen) atoms. The highest BCUT2D eigenvalue weighted by Gasteiger charge is 2.55. The highest BCUT2D eigenvalue weighted by Crippen LogP contribution is 2.49. The van der Waals surface area contributed by atoms with E-state index in [-0.39, 0.29) is 5.60 Å².